The fourth-order valence-corrected chi connectivity index (χ4v) is 4.57. The third-order valence-electron chi connectivity index (χ3n) is 6.00. The van der Waals surface area contributed by atoms with Gasteiger partial charge >= 0.3 is 0 Å². The summed E-state index contributed by atoms with van der Waals surface area (Å²) in [5.74, 6) is -1.61. The van der Waals surface area contributed by atoms with Gasteiger partial charge in [-0.15, -0.1) is 0 Å². The Morgan fingerprint density at radius 3 is 2.50 bits per heavy atom. The quantitative estimate of drug-likeness (QED) is 0.683. The molecule has 2 aliphatic heterocycles. The standard InChI is InChI=1S/C25H20FN3O3/c26-18-9-6-10-19(15-18)27-24(32)25-14-13-22(30)29(25)21-12-5-4-11-20(21)23(31)28(25)16-17-7-2-1-3-8-17/h1-12,15H,13-14,16H2,(H,27,32)/t25-/m0/s1. The molecule has 1 atom stereocenters. The number of hydrogen-bond acceptors (Lipinski definition) is 3. The van der Waals surface area contributed by atoms with Crippen LogP contribution in [0.1, 0.15) is 28.8 Å². The summed E-state index contributed by atoms with van der Waals surface area (Å²) in [4.78, 5) is 43.3. The molecule has 6 nitrogen and oxygen atoms in total. The van der Waals surface area contributed by atoms with E-state index in [1.807, 2.05) is 30.3 Å². The molecule has 0 radical (unpaired) electrons. The van der Waals surface area contributed by atoms with Crippen molar-refractivity contribution in [3.05, 3.63) is 95.8 Å². The summed E-state index contributed by atoms with van der Waals surface area (Å²) in [6.07, 6.45) is 0.253. The normalized spacial score (nSPS) is 19.5. The van der Waals surface area contributed by atoms with Crippen molar-refractivity contribution in [3.63, 3.8) is 0 Å². The molecule has 0 spiro atoms. The van der Waals surface area contributed by atoms with Gasteiger partial charge in [0.15, 0.2) is 0 Å². The van der Waals surface area contributed by atoms with E-state index >= 15 is 0 Å². The van der Waals surface area contributed by atoms with E-state index in [2.05, 4.69) is 5.32 Å². The van der Waals surface area contributed by atoms with Crippen LogP contribution in [0.3, 0.4) is 0 Å². The minimum Gasteiger partial charge on any atom is -0.322 e. The van der Waals surface area contributed by atoms with Crippen LogP contribution in [0.25, 0.3) is 0 Å². The smallest absolute Gasteiger partial charge is 0.271 e. The minimum atomic E-state index is -1.55. The van der Waals surface area contributed by atoms with E-state index in [9.17, 15) is 18.8 Å². The molecule has 3 aromatic carbocycles. The summed E-state index contributed by atoms with van der Waals surface area (Å²) in [6.45, 7) is 0.147. The highest BCUT2D eigenvalue weighted by Crippen LogP contribution is 2.45. The molecule has 3 amide bonds. The molecule has 0 aromatic heterocycles. The highest BCUT2D eigenvalue weighted by Gasteiger charge is 2.60. The van der Waals surface area contributed by atoms with Gasteiger partial charge in [0.25, 0.3) is 11.8 Å². The Morgan fingerprint density at radius 2 is 1.72 bits per heavy atom. The van der Waals surface area contributed by atoms with Crippen molar-refractivity contribution in [1.29, 1.82) is 0 Å². The van der Waals surface area contributed by atoms with Gasteiger partial charge in [0.05, 0.1) is 11.3 Å². The molecule has 5 rings (SSSR count). The molecule has 0 saturated carbocycles. The fraction of sp³-hybridized carbons (Fsp3) is 0.160. The lowest BCUT2D eigenvalue weighted by Crippen LogP contribution is -2.69. The van der Waals surface area contributed by atoms with Crippen molar-refractivity contribution < 1.29 is 18.8 Å². The maximum atomic E-state index is 13.8. The zero-order valence-electron chi connectivity index (χ0n) is 17.1. The molecule has 0 bridgehead atoms. The van der Waals surface area contributed by atoms with Crippen LogP contribution in [0.4, 0.5) is 15.8 Å². The number of halogens is 1. The maximum absolute atomic E-state index is 13.8. The number of rotatable bonds is 4. The third kappa shape index (κ3) is 3.05. The van der Waals surface area contributed by atoms with Gasteiger partial charge < -0.3 is 10.2 Å². The molecule has 32 heavy (non-hydrogen) atoms. The minimum absolute atomic E-state index is 0.115. The Labute approximate surface area is 184 Å². The summed E-state index contributed by atoms with van der Waals surface area (Å²) in [7, 11) is 0. The number of carbonyl (C=O) groups excluding carboxylic acids is 3. The fourth-order valence-electron chi connectivity index (χ4n) is 4.57. The average Bonchev–Trinajstić information content (AvgIpc) is 3.16. The van der Waals surface area contributed by atoms with Crippen LogP contribution in [0.5, 0.6) is 0 Å². The van der Waals surface area contributed by atoms with Gasteiger partial charge in [-0.05, 0) is 35.9 Å². The number of nitrogens with zero attached hydrogens (tertiary/aromatic N) is 2. The van der Waals surface area contributed by atoms with Crippen LogP contribution in [0.15, 0.2) is 78.9 Å². The average molecular weight is 429 g/mol. The van der Waals surface area contributed by atoms with Crippen molar-refractivity contribution in [2.75, 3.05) is 10.2 Å². The van der Waals surface area contributed by atoms with E-state index in [0.29, 0.717) is 11.3 Å². The Morgan fingerprint density at radius 1 is 0.969 bits per heavy atom. The van der Waals surface area contributed by atoms with Crippen LogP contribution in [-0.4, -0.2) is 28.3 Å². The summed E-state index contributed by atoms with van der Waals surface area (Å²) in [6, 6.07) is 21.7. The predicted molar refractivity (Wildman–Crippen MR) is 117 cm³/mol. The molecule has 160 valence electrons. The number of nitrogens with one attached hydrogen (secondary N) is 1. The lowest BCUT2D eigenvalue weighted by atomic mass is 9.94. The Bertz CT molecular complexity index is 1230. The summed E-state index contributed by atoms with van der Waals surface area (Å²) >= 11 is 0. The van der Waals surface area contributed by atoms with E-state index in [1.54, 1.807) is 30.3 Å². The molecule has 7 heteroatoms. The van der Waals surface area contributed by atoms with Gasteiger partial charge in [0.2, 0.25) is 11.6 Å². The Kier molecular flexibility index (Phi) is 4.74. The van der Waals surface area contributed by atoms with Crippen LogP contribution in [0, 0.1) is 5.82 Å². The van der Waals surface area contributed by atoms with Crippen LogP contribution >= 0.6 is 0 Å². The molecule has 1 saturated heterocycles. The van der Waals surface area contributed by atoms with E-state index in [-0.39, 0.29) is 36.9 Å². The monoisotopic (exact) mass is 429 g/mol. The van der Waals surface area contributed by atoms with E-state index < -0.39 is 17.4 Å². The molecule has 3 aromatic rings. The Balaban J connectivity index is 1.65. The van der Waals surface area contributed by atoms with Gasteiger partial charge in [-0.2, -0.15) is 0 Å². The van der Waals surface area contributed by atoms with E-state index in [0.717, 1.165) is 5.56 Å². The molecule has 2 heterocycles. The molecule has 2 aliphatic rings. The van der Waals surface area contributed by atoms with Crippen molar-refractivity contribution in [2.24, 2.45) is 0 Å². The van der Waals surface area contributed by atoms with Crippen molar-refractivity contribution in [1.82, 2.24) is 4.90 Å². The van der Waals surface area contributed by atoms with E-state index in [1.165, 1.54) is 28.0 Å². The zero-order valence-corrected chi connectivity index (χ0v) is 17.1. The molecular formula is C25H20FN3O3. The third-order valence-corrected chi connectivity index (χ3v) is 6.00. The molecular weight excluding hydrogens is 409 g/mol. The first-order chi connectivity index (χ1) is 15.5. The number of carbonyl (C=O) groups is 3. The first-order valence-electron chi connectivity index (χ1n) is 10.4. The summed E-state index contributed by atoms with van der Waals surface area (Å²) < 4.78 is 13.7. The van der Waals surface area contributed by atoms with Crippen molar-refractivity contribution in [2.45, 2.75) is 25.0 Å². The van der Waals surface area contributed by atoms with Gasteiger partial charge in [-0.3, -0.25) is 19.3 Å². The first-order valence-corrected chi connectivity index (χ1v) is 10.4. The first kappa shape index (κ1) is 19.9. The van der Waals surface area contributed by atoms with Gasteiger partial charge in [-0.25, -0.2) is 4.39 Å². The van der Waals surface area contributed by atoms with Crippen LogP contribution in [0.2, 0.25) is 0 Å². The van der Waals surface area contributed by atoms with Gasteiger partial charge in [0, 0.05) is 25.1 Å². The number of anilines is 2. The second-order valence-corrected chi connectivity index (χ2v) is 7.90. The lowest BCUT2D eigenvalue weighted by Gasteiger charge is -2.49. The topological polar surface area (TPSA) is 69.7 Å². The van der Waals surface area contributed by atoms with Crippen LogP contribution < -0.4 is 10.2 Å². The molecule has 1 N–H and O–H groups in total. The summed E-state index contributed by atoms with van der Waals surface area (Å²) in [5.41, 5.74) is 0.323. The van der Waals surface area contributed by atoms with E-state index in [4.69, 9.17) is 0 Å². The summed E-state index contributed by atoms with van der Waals surface area (Å²) in [5, 5.41) is 2.74. The number of amides is 3. The van der Waals surface area contributed by atoms with Crippen molar-refractivity contribution >= 4 is 29.1 Å². The predicted octanol–water partition coefficient (Wildman–Crippen LogP) is 3.94. The highest BCUT2D eigenvalue weighted by atomic mass is 19.1. The Hall–Kier alpha value is -4.00. The SMILES string of the molecule is O=C1c2ccccc2N2C(=O)CC[C@]2(C(=O)Nc2cccc(F)c2)N1Cc1ccccc1. The maximum Gasteiger partial charge on any atom is 0.271 e. The van der Waals surface area contributed by atoms with Crippen LogP contribution in [-0.2, 0) is 16.1 Å². The lowest BCUT2D eigenvalue weighted by molar-refractivity contribution is -0.129. The second-order valence-electron chi connectivity index (χ2n) is 7.90. The van der Waals surface area contributed by atoms with Crippen molar-refractivity contribution in [3.8, 4) is 0 Å². The largest absolute Gasteiger partial charge is 0.322 e. The number of benzene rings is 3. The molecule has 0 aliphatic carbocycles. The molecule has 1 fully saturated rings. The zero-order chi connectivity index (χ0) is 22.3. The van der Waals surface area contributed by atoms with Gasteiger partial charge in [-0.1, -0.05) is 48.5 Å². The second kappa shape index (κ2) is 7.60. The number of hydrogen-bond donors (Lipinski definition) is 1. The number of para-hydroxylation sites is 1. The highest BCUT2D eigenvalue weighted by molar-refractivity contribution is 6.18. The molecule has 0 unspecified atom stereocenters. The van der Waals surface area contributed by atoms with Gasteiger partial charge in [0.1, 0.15) is 5.82 Å². The number of fused-ring (bicyclic) bond motifs is 3.